The Morgan fingerprint density at radius 1 is 1.03 bits per heavy atom. The minimum atomic E-state index is -0.305. The van der Waals surface area contributed by atoms with Crippen molar-refractivity contribution in [1.29, 1.82) is 0 Å². The lowest BCUT2D eigenvalue weighted by Gasteiger charge is -2.30. The lowest BCUT2D eigenvalue weighted by atomic mass is 10.0. The average Bonchev–Trinajstić information content (AvgIpc) is 3.07. The highest BCUT2D eigenvalue weighted by molar-refractivity contribution is 6.16. The Hall–Kier alpha value is -3.32. The molecule has 2 aromatic carbocycles. The maximum atomic E-state index is 13.2. The summed E-state index contributed by atoms with van der Waals surface area (Å²) in [5.41, 5.74) is 2.23. The van der Waals surface area contributed by atoms with Gasteiger partial charge in [0.2, 0.25) is 5.88 Å². The monoisotopic (exact) mass is 393 g/mol. The highest BCUT2D eigenvalue weighted by Crippen LogP contribution is 2.46. The van der Waals surface area contributed by atoms with Crippen LogP contribution in [0.4, 0.5) is 10.1 Å². The molecule has 7 heteroatoms. The number of morpholine rings is 1. The normalized spacial score (nSPS) is 14.7. The zero-order valence-corrected chi connectivity index (χ0v) is 15.7. The molecule has 1 aliphatic rings. The van der Waals surface area contributed by atoms with E-state index in [2.05, 4.69) is 9.88 Å². The lowest BCUT2D eigenvalue weighted by Crippen LogP contribution is -2.36. The molecule has 0 unspecified atom stereocenters. The van der Waals surface area contributed by atoms with E-state index in [1.54, 1.807) is 22.9 Å². The van der Waals surface area contributed by atoms with E-state index in [9.17, 15) is 14.6 Å². The Labute approximate surface area is 166 Å². The Morgan fingerprint density at radius 3 is 2.55 bits per heavy atom. The number of halogens is 1. The van der Waals surface area contributed by atoms with E-state index in [1.165, 1.54) is 12.1 Å². The smallest absolute Gasteiger partial charge is 0.203 e. The van der Waals surface area contributed by atoms with Gasteiger partial charge in [0.25, 0.3) is 0 Å². The van der Waals surface area contributed by atoms with Crippen molar-refractivity contribution in [3.8, 4) is 11.6 Å². The molecule has 0 bridgehead atoms. The Bertz CT molecular complexity index is 1200. The van der Waals surface area contributed by atoms with Crippen LogP contribution in [0.2, 0.25) is 0 Å². The van der Waals surface area contributed by atoms with Crippen molar-refractivity contribution in [3.63, 3.8) is 0 Å². The summed E-state index contributed by atoms with van der Waals surface area (Å²) in [6.45, 7) is 3.02. The van der Waals surface area contributed by atoms with E-state index in [1.807, 2.05) is 18.3 Å². The molecule has 4 aromatic rings. The van der Waals surface area contributed by atoms with Gasteiger partial charge < -0.3 is 24.4 Å². The SMILES string of the molecule is Oc1c2ncccc2c(N2CCOCC2)c2cn(Cc3ccc(F)cc3)c(O)c12. The van der Waals surface area contributed by atoms with Crippen molar-refractivity contribution in [3.05, 3.63) is 60.2 Å². The van der Waals surface area contributed by atoms with Gasteiger partial charge in [0.1, 0.15) is 11.3 Å². The molecule has 0 aliphatic carbocycles. The maximum Gasteiger partial charge on any atom is 0.203 e. The molecule has 0 saturated carbocycles. The second-order valence-corrected chi connectivity index (χ2v) is 7.19. The van der Waals surface area contributed by atoms with Crippen molar-refractivity contribution >= 4 is 27.4 Å². The highest BCUT2D eigenvalue weighted by Gasteiger charge is 2.25. The number of phenols is 1. The average molecular weight is 393 g/mol. The van der Waals surface area contributed by atoms with Gasteiger partial charge in [-0.3, -0.25) is 4.98 Å². The standard InChI is InChI=1S/C22H20FN3O3/c23-15-5-3-14(4-6-15)12-26-13-17-18(22(26)28)21(27)19-16(2-1-7-24-19)20(17)25-8-10-29-11-9-25/h1-7,13,27-28H,8-12H2. The largest absolute Gasteiger partial charge is 0.505 e. The second-order valence-electron chi connectivity index (χ2n) is 7.19. The number of pyridine rings is 1. The second kappa shape index (κ2) is 6.93. The van der Waals surface area contributed by atoms with E-state index >= 15 is 0 Å². The van der Waals surface area contributed by atoms with Crippen LogP contribution in [0.15, 0.2) is 48.8 Å². The van der Waals surface area contributed by atoms with Crippen molar-refractivity contribution < 1.29 is 19.3 Å². The first kappa shape index (κ1) is 17.8. The first-order chi connectivity index (χ1) is 14.1. The molecule has 3 heterocycles. The summed E-state index contributed by atoms with van der Waals surface area (Å²) < 4.78 is 20.4. The van der Waals surface area contributed by atoms with E-state index in [4.69, 9.17) is 4.74 Å². The first-order valence-corrected chi connectivity index (χ1v) is 9.52. The van der Waals surface area contributed by atoms with Gasteiger partial charge >= 0.3 is 0 Å². The molecular weight excluding hydrogens is 373 g/mol. The number of benzene rings is 2. The van der Waals surface area contributed by atoms with Crippen LogP contribution >= 0.6 is 0 Å². The Morgan fingerprint density at radius 2 is 1.79 bits per heavy atom. The van der Waals surface area contributed by atoms with Gasteiger partial charge in [-0.25, -0.2) is 4.39 Å². The van der Waals surface area contributed by atoms with Crippen molar-refractivity contribution in [1.82, 2.24) is 9.55 Å². The first-order valence-electron chi connectivity index (χ1n) is 9.52. The number of aromatic nitrogens is 2. The number of anilines is 1. The van der Waals surface area contributed by atoms with Crippen LogP contribution in [0.3, 0.4) is 0 Å². The zero-order chi connectivity index (χ0) is 20.0. The highest BCUT2D eigenvalue weighted by atomic mass is 19.1. The predicted octanol–water partition coefficient (Wildman–Crippen LogP) is 3.62. The molecule has 0 atom stereocenters. The Kier molecular flexibility index (Phi) is 4.24. The van der Waals surface area contributed by atoms with E-state index in [0.717, 1.165) is 22.0 Å². The van der Waals surface area contributed by atoms with Crippen LogP contribution < -0.4 is 4.90 Å². The summed E-state index contributed by atoms with van der Waals surface area (Å²) in [4.78, 5) is 6.57. The number of hydrogen-bond donors (Lipinski definition) is 2. The fourth-order valence-electron chi connectivity index (χ4n) is 4.04. The van der Waals surface area contributed by atoms with Crippen molar-refractivity contribution in [2.75, 3.05) is 31.2 Å². The molecule has 148 valence electrons. The van der Waals surface area contributed by atoms with E-state index in [0.29, 0.717) is 43.8 Å². The summed E-state index contributed by atoms with van der Waals surface area (Å²) in [5.74, 6) is -0.382. The number of hydrogen-bond acceptors (Lipinski definition) is 5. The lowest BCUT2D eigenvalue weighted by molar-refractivity contribution is 0.123. The van der Waals surface area contributed by atoms with Crippen LogP contribution in [0.25, 0.3) is 21.7 Å². The van der Waals surface area contributed by atoms with Crippen LogP contribution in [0, 0.1) is 5.82 Å². The fraction of sp³-hybridized carbons (Fsp3) is 0.227. The summed E-state index contributed by atoms with van der Waals surface area (Å²) in [5, 5.41) is 23.8. The molecule has 2 N–H and O–H groups in total. The van der Waals surface area contributed by atoms with Gasteiger partial charge in [0, 0.05) is 36.3 Å². The minimum absolute atomic E-state index is 0.0381. The number of rotatable bonds is 3. The van der Waals surface area contributed by atoms with E-state index in [-0.39, 0.29) is 17.4 Å². The molecular formula is C22H20FN3O3. The Balaban J connectivity index is 1.74. The number of fused-ring (bicyclic) bond motifs is 2. The minimum Gasteiger partial charge on any atom is -0.505 e. The van der Waals surface area contributed by atoms with Crippen LogP contribution in [0.1, 0.15) is 5.56 Å². The van der Waals surface area contributed by atoms with E-state index < -0.39 is 0 Å². The fourth-order valence-corrected chi connectivity index (χ4v) is 4.04. The quantitative estimate of drug-likeness (QED) is 0.556. The van der Waals surface area contributed by atoms with Crippen LogP contribution in [0.5, 0.6) is 11.6 Å². The topological polar surface area (TPSA) is 70.8 Å². The van der Waals surface area contributed by atoms with Crippen LogP contribution in [-0.2, 0) is 11.3 Å². The molecule has 0 spiro atoms. The molecule has 0 radical (unpaired) electrons. The van der Waals surface area contributed by atoms with Crippen molar-refractivity contribution in [2.45, 2.75) is 6.54 Å². The molecule has 5 rings (SSSR count). The van der Waals surface area contributed by atoms with Gasteiger partial charge in [0.05, 0.1) is 30.8 Å². The number of ether oxygens (including phenoxy) is 1. The third kappa shape index (κ3) is 2.94. The molecule has 2 aromatic heterocycles. The molecule has 1 aliphatic heterocycles. The van der Waals surface area contributed by atoms with Gasteiger partial charge in [-0.05, 0) is 29.8 Å². The molecule has 0 amide bonds. The summed E-state index contributed by atoms with van der Waals surface area (Å²) in [6, 6.07) is 9.92. The van der Waals surface area contributed by atoms with Crippen molar-refractivity contribution in [2.24, 2.45) is 0 Å². The summed E-state index contributed by atoms with van der Waals surface area (Å²) >= 11 is 0. The zero-order valence-electron chi connectivity index (χ0n) is 15.7. The molecule has 29 heavy (non-hydrogen) atoms. The molecule has 6 nitrogen and oxygen atoms in total. The van der Waals surface area contributed by atoms with Gasteiger partial charge in [-0.1, -0.05) is 12.1 Å². The predicted molar refractivity (Wildman–Crippen MR) is 109 cm³/mol. The van der Waals surface area contributed by atoms with Gasteiger partial charge in [0.15, 0.2) is 5.75 Å². The summed E-state index contributed by atoms with van der Waals surface area (Å²) in [7, 11) is 0. The van der Waals surface area contributed by atoms with Crippen LogP contribution in [-0.4, -0.2) is 46.1 Å². The number of phenolic OH excluding ortho intramolecular Hbond substituents is 1. The third-order valence-corrected chi connectivity index (χ3v) is 5.42. The summed E-state index contributed by atoms with van der Waals surface area (Å²) in [6.07, 6.45) is 3.47. The molecule has 1 fully saturated rings. The van der Waals surface area contributed by atoms with Gasteiger partial charge in [-0.2, -0.15) is 0 Å². The molecule has 1 saturated heterocycles. The third-order valence-electron chi connectivity index (χ3n) is 5.42. The maximum absolute atomic E-state index is 13.2. The number of nitrogens with zero attached hydrogens (tertiary/aromatic N) is 3. The van der Waals surface area contributed by atoms with Gasteiger partial charge in [-0.15, -0.1) is 0 Å². The number of aromatic hydroxyl groups is 2.